The van der Waals surface area contributed by atoms with Crippen molar-refractivity contribution in [3.8, 4) is 17.6 Å². The van der Waals surface area contributed by atoms with Crippen molar-refractivity contribution < 1.29 is 18.7 Å². The van der Waals surface area contributed by atoms with Gasteiger partial charge < -0.3 is 14.8 Å². The Hall–Kier alpha value is -2.90. The van der Waals surface area contributed by atoms with Crippen LogP contribution in [-0.2, 0) is 11.4 Å². The molecule has 0 saturated heterocycles. The summed E-state index contributed by atoms with van der Waals surface area (Å²) >= 11 is 5.64. The molecular formula is C25H19BrFIN2O3. The predicted molar refractivity (Wildman–Crippen MR) is 137 cm³/mol. The topological polar surface area (TPSA) is 71.3 Å². The summed E-state index contributed by atoms with van der Waals surface area (Å²) in [5.74, 6) is -0.220. The van der Waals surface area contributed by atoms with Gasteiger partial charge in [-0.15, -0.1) is 0 Å². The maximum Gasteiger partial charge on any atom is 0.266 e. The van der Waals surface area contributed by atoms with Crippen molar-refractivity contribution in [2.75, 3.05) is 11.9 Å². The molecule has 3 aromatic rings. The quantitative estimate of drug-likeness (QED) is 0.172. The lowest BCUT2D eigenvalue weighted by Gasteiger charge is -2.15. The number of anilines is 1. The fraction of sp³-hybridized carbons (Fsp3) is 0.120. The van der Waals surface area contributed by atoms with Gasteiger partial charge in [-0.05, 0) is 71.5 Å². The third-order valence-electron chi connectivity index (χ3n) is 4.46. The average Bonchev–Trinajstić information content (AvgIpc) is 2.79. The van der Waals surface area contributed by atoms with Gasteiger partial charge in [-0.25, -0.2) is 4.39 Å². The van der Waals surface area contributed by atoms with Crippen LogP contribution in [0.5, 0.6) is 11.5 Å². The highest BCUT2D eigenvalue weighted by atomic mass is 127. The number of halogens is 3. The molecule has 8 heteroatoms. The summed E-state index contributed by atoms with van der Waals surface area (Å²) in [6, 6.07) is 18.9. The number of benzene rings is 3. The molecule has 0 radical (unpaired) electrons. The lowest BCUT2D eigenvalue weighted by molar-refractivity contribution is -0.112. The summed E-state index contributed by atoms with van der Waals surface area (Å²) in [7, 11) is 0. The largest absolute Gasteiger partial charge is 0.490 e. The number of nitrogens with one attached hydrogen (secondary N) is 1. The maximum absolute atomic E-state index is 13.8. The number of nitriles is 1. The number of para-hydroxylation sites is 1. The van der Waals surface area contributed by atoms with Crippen molar-refractivity contribution in [2.45, 2.75) is 13.5 Å². The van der Waals surface area contributed by atoms with Crippen molar-refractivity contribution in [3.05, 3.63) is 91.2 Å². The first-order chi connectivity index (χ1) is 15.9. The number of nitrogens with zero attached hydrogens (tertiary/aromatic N) is 1. The standard InChI is InChI=1S/C25H19BrFIN2O3/c1-2-32-23-13-16(11-18(14-29)25(31)30-22-10-6-5-9-20(22)27)12-21(28)24(23)33-15-17-7-3-4-8-19(17)26/h3-13H,2,15H2,1H3,(H,30,31)/b18-11+. The molecule has 1 amide bonds. The molecule has 0 aromatic heterocycles. The highest BCUT2D eigenvalue weighted by Crippen LogP contribution is 2.36. The van der Waals surface area contributed by atoms with Crippen LogP contribution in [0.1, 0.15) is 18.1 Å². The van der Waals surface area contributed by atoms with Crippen molar-refractivity contribution >= 4 is 56.2 Å². The Labute approximate surface area is 213 Å². The minimum absolute atomic E-state index is 0.00376. The molecule has 0 atom stereocenters. The first-order valence-corrected chi connectivity index (χ1v) is 11.8. The number of hydrogen-bond acceptors (Lipinski definition) is 4. The van der Waals surface area contributed by atoms with Crippen LogP contribution in [-0.4, -0.2) is 12.5 Å². The van der Waals surface area contributed by atoms with Crippen LogP contribution in [0.3, 0.4) is 0 Å². The Morgan fingerprint density at radius 1 is 1.18 bits per heavy atom. The highest BCUT2D eigenvalue weighted by Gasteiger charge is 2.16. The Morgan fingerprint density at radius 3 is 2.61 bits per heavy atom. The molecule has 0 heterocycles. The Balaban J connectivity index is 1.87. The van der Waals surface area contributed by atoms with Crippen molar-refractivity contribution in [2.24, 2.45) is 0 Å². The van der Waals surface area contributed by atoms with Crippen molar-refractivity contribution in [1.82, 2.24) is 0 Å². The number of ether oxygens (including phenoxy) is 2. The van der Waals surface area contributed by atoms with E-state index in [0.29, 0.717) is 30.3 Å². The lowest BCUT2D eigenvalue weighted by atomic mass is 10.1. The first kappa shape index (κ1) is 24.7. The van der Waals surface area contributed by atoms with E-state index in [9.17, 15) is 14.4 Å². The van der Waals surface area contributed by atoms with E-state index >= 15 is 0 Å². The predicted octanol–water partition coefficient (Wildman–Crippen LogP) is 6.72. The van der Waals surface area contributed by atoms with Gasteiger partial charge in [0.15, 0.2) is 11.5 Å². The van der Waals surface area contributed by atoms with Crippen LogP contribution < -0.4 is 14.8 Å². The minimum atomic E-state index is -0.704. The lowest BCUT2D eigenvalue weighted by Crippen LogP contribution is -2.14. The maximum atomic E-state index is 13.8. The van der Waals surface area contributed by atoms with Crippen LogP contribution in [0.25, 0.3) is 6.08 Å². The van der Waals surface area contributed by atoms with Crippen LogP contribution in [0.4, 0.5) is 10.1 Å². The summed E-state index contributed by atoms with van der Waals surface area (Å²) in [4.78, 5) is 12.5. The zero-order valence-electron chi connectivity index (χ0n) is 17.6. The fourth-order valence-electron chi connectivity index (χ4n) is 2.91. The molecule has 0 aliphatic rings. The van der Waals surface area contributed by atoms with Crippen molar-refractivity contribution in [3.63, 3.8) is 0 Å². The number of amides is 1. The van der Waals surface area contributed by atoms with Gasteiger partial charge in [0.25, 0.3) is 5.91 Å². The van der Waals surface area contributed by atoms with E-state index in [1.54, 1.807) is 18.2 Å². The molecular weight excluding hydrogens is 602 g/mol. The van der Waals surface area contributed by atoms with Gasteiger partial charge in [0.05, 0.1) is 15.9 Å². The molecule has 168 valence electrons. The zero-order chi connectivity index (χ0) is 23.8. The number of carbonyl (C=O) groups is 1. The van der Waals surface area contributed by atoms with E-state index in [2.05, 4.69) is 43.8 Å². The third kappa shape index (κ3) is 6.55. The molecule has 3 aromatic carbocycles. The Kier molecular flexibility index (Phi) is 8.86. The smallest absolute Gasteiger partial charge is 0.266 e. The van der Waals surface area contributed by atoms with Crippen LogP contribution in [0.15, 0.2) is 70.7 Å². The van der Waals surface area contributed by atoms with Crippen LogP contribution in [0.2, 0.25) is 0 Å². The van der Waals surface area contributed by atoms with E-state index in [4.69, 9.17) is 9.47 Å². The van der Waals surface area contributed by atoms with Gasteiger partial charge in [-0.2, -0.15) is 5.26 Å². The minimum Gasteiger partial charge on any atom is -0.490 e. The first-order valence-electron chi connectivity index (χ1n) is 9.93. The second-order valence-corrected chi connectivity index (χ2v) is 8.76. The normalized spacial score (nSPS) is 10.9. The van der Waals surface area contributed by atoms with E-state index in [0.717, 1.165) is 13.6 Å². The van der Waals surface area contributed by atoms with E-state index in [1.165, 1.54) is 24.3 Å². The van der Waals surface area contributed by atoms with E-state index in [-0.39, 0.29) is 11.3 Å². The summed E-state index contributed by atoms with van der Waals surface area (Å²) in [6.45, 7) is 2.60. The Morgan fingerprint density at radius 2 is 1.91 bits per heavy atom. The van der Waals surface area contributed by atoms with Gasteiger partial charge in [0, 0.05) is 10.0 Å². The molecule has 0 aliphatic heterocycles. The molecule has 3 rings (SSSR count). The third-order valence-corrected chi connectivity index (χ3v) is 6.03. The summed E-state index contributed by atoms with van der Waals surface area (Å²) < 4.78 is 27.3. The highest BCUT2D eigenvalue weighted by molar-refractivity contribution is 14.1. The van der Waals surface area contributed by atoms with Gasteiger partial charge in [0.1, 0.15) is 24.1 Å². The van der Waals surface area contributed by atoms with E-state index in [1.807, 2.05) is 37.3 Å². The van der Waals surface area contributed by atoms with Gasteiger partial charge in [-0.3, -0.25) is 4.79 Å². The molecule has 0 fully saturated rings. The summed E-state index contributed by atoms with van der Waals surface area (Å²) in [5.41, 5.74) is 1.40. The number of rotatable bonds is 8. The molecule has 0 saturated carbocycles. The fourth-order valence-corrected chi connectivity index (χ4v) is 4.09. The number of carbonyl (C=O) groups excluding carboxylic acids is 1. The van der Waals surface area contributed by atoms with Crippen LogP contribution in [0, 0.1) is 20.7 Å². The second-order valence-electron chi connectivity index (χ2n) is 6.75. The molecule has 1 N–H and O–H groups in total. The SMILES string of the molecule is CCOc1cc(/C=C(\C#N)C(=O)Nc2ccccc2F)cc(I)c1OCc1ccccc1Br. The molecule has 0 unspecified atom stereocenters. The molecule has 0 aliphatic carbocycles. The average molecular weight is 621 g/mol. The summed E-state index contributed by atoms with van der Waals surface area (Å²) in [5, 5.41) is 11.9. The van der Waals surface area contributed by atoms with Crippen LogP contribution >= 0.6 is 38.5 Å². The molecule has 0 spiro atoms. The Bertz CT molecular complexity index is 1240. The van der Waals surface area contributed by atoms with Crippen molar-refractivity contribution in [1.29, 1.82) is 5.26 Å². The second kappa shape index (κ2) is 11.8. The van der Waals surface area contributed by atoms with Gasteiger partial charge >= 0.3 is 0 Å². The molecule has 5 nitrogen and oxygen atoms in total. The van der Waals surface area contributed by atoms with Gasteiger partial charge in [-0.1, -0.05) is 46.3 Å². The van der Waals surface area contributed by atoms with Gasteiger partial charge in [0.2, 0.25) is 0 Å². The number of hydrogen-bond donors (Lipinski definition) is 1. The summed E-state index contributed by atoms with van der Waals surface area (Å²) in [6.07, 6.45) is 1.43. The molecule has 33 heavy (non-hydrogen) atoms. The zero-order valence-corrected chi connectivity index (χ0v) is 21.3. The molecule has 0 bridgehead atoms. The monoisotopic (exact) mass is 620 g/mol. The van der Waals surface area contributed by atoms with E-state index < -0.39 is 11.7 Å².